The standard InChI is InChI=1S/C19H27N5/c1-15-13-18(20-2)23-19(21-15)22-17-9-6-11-24(14-17)12-10-16-7-4-3-5-8-16/h3-5,7-8,13,17H,6,9-12,14H2,1-2H3,(H2,20,21,22,23)/t17-/m1/s1. The first kappa shape index (κ1) is 16.7. The molecule has 0 aliphatic carbocycles. The van der Waals surface area contributed by atoms with Crippen LogP contribution in [0.25, 0.3) is 0 Å². The molecule has 1 saturated heterocycles. The summed E-state index contributed by atoms with van der Waals surface area (Å²) in [5.74, 6) is 1.59. The molecule has 1 aromatic carbocycles. The second-order valence-corrected chi connectivity index (χ2v) is 6.49. The molecule has 0 spiro atoms. The van der Waals surface area contributed by atoms with Crippen LogP contribution in [0.4, 0.5) is 11.8 Å². The molecule has 1 aromatic heterocycles. The van der Waals surface area contributed by atoms with Crippen molar-refractivity contribution < 1.29 is 0 Å². The highest BCUT2D eigenvalue weighted by atomic mass is 15.2. The van der Waals surface area contributed by atoms with Crippen molar-refractivity contribution in [3.8, 4) is 0 Å². The van der Waals surface area contributed by atoms with Crippen LogP contribution in [0, 0.1) is 6.92 Å². The van der Waals surface area contributed by atoms with Gasteiger partial charge in [-0.2, -0.15) is 4.98 Å². The third kappa shape index (κ3) is 4.68. The molecule has 24 heavy (non-hydrogen) atoms. The van der Waals surface area contributed by atoms with E-state index in [1.807, 2.05) is 20.0 Å². The maximum absolute atomic E-state index is 4.51. The molecule has 5 nitrogen and oxygen atoms in total. The lowest BCUT2D eigenvalue weighted by molar-refractivity contribution is 0.218. The fraction of sp³-hybridized carbons (Fsp3) is 0.474. The van der Waals surface area contributed by atoms with Crippen molar-refractivity contribution in [2.45, 2.75) is 32.2 Å². The zero-order valence-electron chi connectivity index (χ0n) is 14.6. The number of aryl methyl sites for hydroxylation is 1. The highest BCUT2D eigenvalue weighted by Crippen LogP contribution is 2.16. The van der Waals surface area contributed by atoms with Gasteiger partial charge in [-0.05, 0) is 38.3 Å². The monoisotopic (exact) mass is 325 g/mol. The summed E-state index contributed by atoms with van der Waals surface area (Å²) in [5, 5.41) is 6.61. The van der Waals surface area contributed by atoms with Gasteiger partial charge in [0, 0.05) is 37.9 Å². The Hall–Kier alpha value is -2.14. The van der Waals surface area contributed by atoms with Gasteiger partial charge in [-0.3, -0.25) is 0 Å². The third-order valence-electron chi connectivity index (χ3n) is 4.51. The molecule has 5 heteroatoms. The first-order valence-electron chi connectivity index (χ1n) is 8.79. The zero-order chi connectivity index (χ0) is 16.8. The van der Waals surface area contributed by atoms with Gasteiger partial charge in [0.2, 0.25) is 5.95 Å². The van der Waals surface area contributed by atoms with E-state index in [2.05, 4.69) is 55.8 Å². The van der Waals surface area contributed by atoms with Gasteiger partial charge in [0.1, 0.15) is 5.82 Å². The lowest BCUT2D eigenvalue weighted by atomic mass is 10.0. The Bertz CT molecular complexity index is 643. The molecular weight excluding hydrogens is 298 g/mol. The Labute approximate surface area is 144 Å². The number of aromatic nitrogens is 2. The van der Waals surface area contributed by atoms with Crippen molar-refractivity contribution in [3.05, 3.63) is 47.7 Å². The van der Waals surface area contributed by atoms with Crippen LogP contribution >= 0.6 is 0 Å². The van der Waals surface area contributed by atoms with Gasteiger partial charge in [-0.1, -0.05) is 30.3 Å². The molecule has 2 N–H and O–H groups in total. The Kier molecular flexibility index (Phi) is 5.64. The molecule has 1 atom stereocenters. The number of piperidine rings is 1. The molecule has 128 valence electrons. The summed E-state index contributed by atoms with van der Waals surface area (Å²) in [6, 6.07) is 13.1. The van der Waals surface area contributed by atoms with Crippen LogP contribution < -0.4 is 10.6 Å². The number of nitrogens with zero attached hydrogens (tertiary/aromatic N) is 3. The molecule has 1 aliphatic rings. The van der Waals surface area contributed by atoms with Crippen LogP contribution in [0.2, 0.25) is 0 Å². The number of rotatable bonds is 6. The van der Waals surface area contributed by atoms with E-state index in [9.17, 15) is 0 Å². The highest BCUT2D eigenvalue weighted by Gasteiger charge is 2.20. The fourth-order valence-corrected chi connectivity index (χ4v) is 3.25. The van der Waals surface area contributed by atoms with Crippen LogP contribution in [0.3, 0.4) is 0 Å². The van der Waals surface area contributed by atoms with Gasteiger partial charge in [0.15, 0.2) is 0 Å². The third-order valence-corrected chi connectivity index (χ3v) is 4.51. The number of benzene rings is 1. The second-order valence-electron chi connectivity index (χ2n) is 6.49. The van der Waals surface area contributed by atoms with Gasteiger partial charge < -0.3 is 15.5 Å². The second kappa shape index (κ2) is 8.11. The van der Waals surface area contributed by atoms with E-state index in [-0.39, 0.29) is 0 Å². The van der Waals surface area contributed by atoms with Crippen molar-refractivity contribution in [2.24, 2.45) is 0 Å². The first-order chi connectivity index (χ1) is 11.7. The summed E-state index contributed by atoms with van der Waals surface area (Å²) in [6.07, 6.45) is 3.50. The van der Waals surface area contributed by atoms with E-state index in [1.54, 1.807) is 0 Å². The average molecular weight is 325 g/mol. The van der Waals surface area contributed by atoms with Crippen LogP contribution in [0.15, 0.2) is 36.4 Å². The van der Waals surface area contributed by atoms with E-state index >= 15 is 0 Å². The predicted octanol–water partition coefficient (Wildman–Crippen LogP) is 2.95. The van der Waals surface area contributed by atoms with Crippen molar-refractivity contribution in [2.75, 3.05) is 37.3 Å². The summed E-state index contributed by atoms with van der Waals surface area (Å²) in [7, 11) is 1.89. The number of hydrogen-bond donors (Lipinski definition) is 2. The Morgan fingerprint density at radius 3 is 2.83 bits per heavy atom. The summed E-state index contributed by atoms with van der Waals surface area (Å²) in [6.45, 7) is 5.35. The van der Waals surface area contributed by atoms with Crippen molar-refractivity contribution in [1.82, 2.24) is 14.9 Å². The molecule has 2 heterocycles. The smallest absolute Gasteiger partial charge is 0.225 e. The van der Waals surface area contributed by atoms with Crippen molar-refractivity contribution in [1.29, 1.82) is 0 Å². The van der Waals surface area contributed by atoms with Gasteiger partial charge in [0.05, 0.1) is 0 Å². The maximum Gasteiger partial charge on any atom is 0.225 e. The van der Waals surface area contributed by atoms with Crippen LogP contribution in [0.1, 0.15) is 24.1 Å². The predicted molar refractivity (Wildman–Crippen MR) is 99.5 cm³/mol. The van der Waals surface area contributed by atoms with Gasteiger partial charge in [-0.15, -0.1) is 0 Å². The molecule has 1 fully saturated rings. The number of hydrogen-bond acceptors (Lipinski definition) is 5. The normalized spacial score (nSPS) is 18.3. The molecular formula is C19H27N5. The van der Waals surface area contributed by atoms with E-state index in [1.165, 1.54) is 24.9 Å². The molecule has 0 radical (unpaired) electrons. The summed E-state index contributed by atoms with van der Waals surface area (Å²) < 4.78 is 0. The number of nitrogens with one attached hydrogen (secondary N) is 2. The van der Waals surface area contributed by atoms with E-state index in [0.29, 0.717) is 6.04 Å². The summed E-state index contributed by atoms with van der Waals surface area (Å²) >= 11 is 0. The summed E-state index contributed by atoms with van der Waals surface area (Å²) in [5.41, 5.74) is 2.39. The number of anilines is 2. The largest absolute Gasteiger partial charge is 0.373 e. The topological polar surface area (TPSA) is 53.1 Å². The van der Waals surface area contributed by atoms with Gasteiger partial charge >= 0.3 is 0 Å². The summed E-state index contributed by atoms with van der Waals surface area (Å²) in [4.78, 5) is 11.6. The number of likely N-dealkylation sites (tertiary alicyclic amines) is 1. The van der Waals surface area contributed by atoms with E-state index < -0.39 is 0 Å². The molecule has 0 amide bonds. The van der Waals surface area contributed by atoms with Gasteiger partial charge in [-0.25, -0.2) is 4.98 Å². The molecule has 0 unspecified atom stereocenters. The maximum atomic E-state index is 4.51. The van der Waals surface area contributed by atoms with Crippen molar-refractivity contribution in [3.63, 3.8) is 0 Å². The van der Waals surface area contributed by atoms with E-state index in [0.717, 1.165) is 37.0 Å². The Morgan fingerprint density at radius 1 is 1.21 bits per heavy atom. The van der Waals surface area contributed by atoms with Gasteiger partial charge in [0.25, 0.3) is 0 Å². The molecule has 1 aliphatic heterocycles. The van der Waals surface area contributed by atoms with E-state index in [4.69, 9.17) is 0 Å². The van der Waals surface area contributed by atoms with Crippen LogP contribution in [-0.2, 0) is 6.42 Å². The fourth-order valence-electron chi connectivity index (χ4n) is 3.25. The van der Waals surface area contributed by atoms with Crippen LogP contribution in [0.5, 0.6) is 0 Å². The molecule has 3 rings (SSSR count). The van der Waals surface area contributed by atoms with Crippen molar-refractivity contribution >= 4 is 11.8 Å². The molecule has 0 bridgehead atoms. The lowest BCUT2D eigenvalue weighted by Crippen LogP contribution is -2.43. The first-order valence-corrected chi connectivity index (χ1v) is 8.79. The molecule has 2 aromatic rings. The minimum absolute atomic E-state index is 0.418. The molecule has 0 saturated carbocycles. The SMILES string of the molecule is CNc1cc(C)nc(N[C@@H]2CCCN(CCc3ccccc3)C2)n1. The average Bonchev–Trinajstić information content (AvgIpc) is 2.60. The lowest BCUT2D eigenvalue weighted by Gasteiger charge is -2.33. The highest BCUT2D eigenvalue weighted by molar-refractivity contribution is 5.42. The quantitative estimate of drug-likeness (QED) is 0.855. The zero-order valence-corrected chi connectivity index (χ0v) is 14.6. The minimum atomic E-state index is 0.418. The Balaban J connectivity index is 1.54. The van der Waals surface area contributed by atoms with Crippen LogP contribution in [-0.4, -0.2) is 47.6 Å². The minimum Gasteiger partial charge on any atom is -0.373 e. The Morgan fingerprint density at radius 2 is 2.04 bits per heavy atom.